The number of anilines is 1. The van der Waals surface area contributed by atoms with Crippen molar-refractivity contribution in [3.8, 4) is 5.75 Å². The number of aryl methyl sites for hydroxylation is 1. The molecule has 0 unspecified atom stereocenters. The van der Waals surface area contributed by atoms with Crippen LogP contribution >= 0.6 is 0 Å². The fourth-order valence-corrected chi connectivity index (χ4v) is 4.50. The zero-order valence-corrected chi connectivity index (χ0v) is 17.3. The van der Waals surface area contributed by atoms with Gasteiger partial charge in [0, 0.05) is 17.8 Å². The second-order valence-corrected chi connectivity index (χ2v) is 8.75. The third-order valence-electron chi connectivity index (χ3n) is 5.08. The van der Waals surface area contributed by atoms with Crippen LogP contribution in [0, 0.1) is 0 Å². The van der Waals surface area contributed by atoms with E-state index in [-0.39, 0.29) is 17.3 Å². The van der Waals surface area contributed by atoms with Gasteiger partial charge in [-0.1, -0.05) is 0 Å². The van der Waals surface area contributed by atoms with E-state index < -0.39 is 10.0 Å². The van der Waals surface area contributed by atoms with Crippen LogP contribution in [0.1, 0.15) is 28.1 Å². The number of nitrogens with one attached hydrogen (secondary N) is 1. The largest absolute Gasteiger partial charge is 0.497 e. The van der Waals surface area contributed by atoms with E-state index >= 15 is 0 Å². The Balaban J connectivity index is 1.51. The number of nitrogens with zero attached hydrogens (tertiary/aromatic N) is 1. The standard InChI is InChI=1S/C22H22N2O5S/c1-28-18-8-11-21-17(14-18)4-2-12-24(21)22(25)16-6-9-20(10-7-16)30(26,27)23-15-19-5-3-13-29-19/h3,5-11,13-14,23H,2,4,12,15H2,1H3. The summed E-state index contributed by atoms with van der Waals surface area (Å²) in [5.74, 6) is 1.12. The lowest BCUT2D eigenvalue weighted by atomic mass is 10.0. The van der Waals surface area contributed by atoms with E-state index in [0.717, 1.165) is 29.8 Å². The molecule has 1 amide bonds. The summed E-state index contributed by atoms with van der Waals surface area (Å²) in [6, 6.07) is 15.0. The molecule has 1 aliphatic heterocycles. The number of hydrogen-bond donors (Lipinski definition) is 1. The maximum atomic E-state index is 13.1. The smallest absolute Gasteiger partial charge is 0.258 e. The number of fused-ring (bicyclic) bond motifs is 1. The first-order valence-electron chi connectivity index (χ1n) is 9.59. The van der Waals surface area contributed by atoms with Crippen LogP contribution in [-0.4, -0.2) is 28.0 Å². The van der Waals surface area contributed by atoms with Crippen LogP contribution in [0.25, 0.3) is 0 Å². The van der Waals surface area contributed by atoms with Crippen molar-refractivity contribution in [2.75, 3.05) is 18.6 Å². The highest BCUT2D eigenvalue weighted by molar-refractivity contribution is 7.89. The van der Waals surface area contributed by atoms with Crippen molar-refractivity contribution in [1.29, 1.82) is 0 Å². The SMILES string of the molecule is COc1ccc2c(c1)CCCN2C(=O)c1ccc(S(=O)(=O)NCc2ccco2)cc1. The van der Waals surface area contributed by atoms with Crippen LogP contribution in [-0.2, 0) is 23.0 Å². The number of benzene rings is 2. The Hall–Kier alpha value is -3.10. The van der Waals surface area contributed by atoms with Crippen LogP contribution in [0.5, 0.6) is 5.75 Å². The molecule has 0 bridgehead atoms. The van der Waals surface area contributed by atoms with Gasteiger partial charge in [0.2, 0.25) is 10.0 Å². The van der Waals surface area contributed by atoms with Crippen molar-refractivity contribution < 1.29 is 22.4 Å². The van der Waals surface area contributed by atoms with E-state index in [9.17, 15) is 13.2 Å². The molecule has 2 heterocycles. The predicted molar refractivity (Wildman–Crippen MR) is 112 cm³/mol. The molecule has 0 radical (unpaired) electrons. The number of hydrogen-bond acceptors (Lipinski definition) is 5. The van der Waals surface area contributed by atoms with Gasteiger partial charge >= 0.3 is 0 Å². The van der Waals surface area contributed by atoms with Gasteiger partial charge < -0.3 is 14.1 Å². The number of ether oxygens (including phenoxy) is 1. The molecule has 0 spiro atoms. The number of methoxy groups -OCH3 is 1. The lowest BCUT2D eigenvalue weighted by molar-refractivity contribution is 0.0985. The number of amides is 1. The summed E-state index contributed by atoms with van der Waals surface area (Å²) >= 11 is 0. The Morgan fingerprint density at radius 1 is 1.17 bits per heavy atom. The summed E-state index contributed by atoms with van der Waals surface area (Å²) in [4.78, 5) is 14.9. The van der Waals surface area contributed by atoms with E-state index in [0.29, 0.717) is 17.9 Å². The zero-order valence-electron chi connectivity index (χ0n) is 16.5. The first-order chi connectivity index (χ1) is 14.5. The van der Waals surface area contributed by atoms with E-state index in [1.54, 1.807) is 36.3 Å². The predicted octanol–water partition coefficient (Wildman–Crippen LogP) is 3.36. The molecule has 0 saturated heterocycles. The highest BCUT2D eigenvalue weighted by Gasteiger charge is 2.24. The second kappa shape index (κ2) is 8.33. The Kier molecular flexibility index (Phi) is 5.61. The second-order valence-electron chi connectivity index (χ2n) is 6.98. The van der Waals surface area contributed by atoms with Crippen molar-refractivity contribution in [3.05, 3.63) is 77.7 Å². The summed E-state index contributed by atoms with van der Waals surface area (Å²) in [7, 11) is -2.09. The minimum atomic E-state index is -3.71. The molecule has 1 aromatic heterocycles. The lowest BCUT2D eigenvalue weighted by Gasteiger charge is -2.30. The first kappa shape index (κ1) is 20.2. The van der Waals surface area contributed by atoms with E-state index in [1.165, 1.54) is 18.4 Å². The summed E-state index contributed by atoms with van der Waals surface area (Å²) in [5.41, 5.74) is 2.36. The number of carbonyl (C=O) groups is 1. The van der Waals surface area contributed by atoms with Crippen LogP contribution in [0.2, 0.25) is 0 Å². The van der Waals surface area contributed by atoms with Crippen LogP contribution in [0.15, 0.2) is 70.2 Å². The number of rotatable bonds is 6. The summed E-state index contributed by atoms with van der Waals surface area (Å²) in [6.07, 6.45) is 3.22. The Morgan fingerprint density at radius 2 is 1.97 bits per heavy atom. The van der Waals surface area contributed by atoms with Crippen molar-refractivity contribution in [2.24, 2.45) is 0 Å². The summed E-state index contributed by atoms with van der Waals surface area (Å²) in [6.45, 7) is 0.674. The Morgan fingerprint density at radius 3 is 2.67 bits per heavy atom. The van der Waals surface area contributed by atoms with Crippen molar-refractivity contribution in [2.45, 2.75) is 24.3 Å². The minimum Gasteiger partial charge on any atom is -0.497 e. The van der Waals surface area contributed by atoms with E-state index in [4.69, 9.17) is 9.15 Å². The van der Waals surface area contributed by atoms with Crippen molar-refractivity contribution in [3.63, 3.8) is 0 Å². The van der Waals surface area contributed by atoms with Gasteiger partial charge in [-0.3, -0.25) is 4.79 Å². The quantitative estimate of drug-likeness (QED) is 0.653. The normalized spacial score (nSPS) is 13.7. The average molecular weight is 426 g/mol. The molecule has 30 heavy (non-hydrogen) atoms. The topological polar surface area (TPSA) is 88.8 Å². The monoisotopic (exact) mass is 426 g/mol. The molecular formula is C22H22N2O5S. The van der Waals surface area contributed by atoms with Crippen LogP contribution < -0.4 is 14.4 Å². The maximum absolute atomic E-state index is 13.1. The van der Waals surface area contributed by atoms with Crippen molar-refractivity contribution >= 4 is 21.6 Å². The third-order valence-corrected chi connectivity index (χ3v) is 6.50. The van der Waals surface area contributed by atoms with Gasteiger partial charge in [0.15, 0.2) is 0 Å². The van der Waals surface area contributed by atoms with E-state index in [1.807, 2.05) is 18.2 Å². The molecule has 0 saturated carbocycles. The maximum Gasteiger partial charge on any atom is 0.258 e. The molecule has 2 aromatic carbocycles. The average Bonchev–Trinajstić information content (AvgIpc) is 3.30. The number of carbonyl (C=O) groups excluding carboxylic acids is 1. The Labute approximate surface area is 175 Å². The number of sulfonamides is 1. The fourth-order valence-electron chi connectivity index (χ4n) is 3.51. The highest BCUT2D eigenvalue weighted by Crippen LogP contribution is 2.31. The first-order valence-corrected chi connectivity index (χ1v) is 11.1. The molecule has 8 heteroatoms. The molecule has 0 fully saturated rings. The molecule has 0 aliphatic carbocycles. The van der Waals surface area contributed by atoms with Gasteiger partial charge in [-0.05, 0) is 73.0 Å². The molecule has 3 aromatic rings. The minimum absolute atomic E-state index is 0.0596. The summed E-state index contributed by atoms with van der Waals surface area (Å²) in [5, 5.41) is 0. The van der Waals surface area contributed by atoms with Gasteiger partial charge in [-0.15, -0.1) is 0 Å². The van der Waals surface area contributed by atoms with Crippen molar-refractivity contribution in [1.82, 2.24) is 4.72 Å². The molecule has 1 aliphatic rings. The highest BCUT2D eigenvalue weighted by atomic mass is 32.2. The zero-order chi connectivity index (χ0) is 21.1. The summed E-state index contributed by atoms with van der Waals surface area (Å²) < 4.78 is 37.9. The van der Waals surface area contributed by atoms with Gasteiger partial charge in [-0.25, -0.2) is 13.1 Å². The van der Waals surface area contributed by atoms with Crippen LogP contribution in [0.3, 0.4) is 0 Å². The molecule has 0 atom stereocenters. The molecule has 156 valence electrons. The Bertz CT molecular complexity index is 1140. The molecule has 1 N–H and O–H groups in total. The van der Waals surface area contributed by atoms with E-state index in [2.05, 4.69) is 4.72 Å². The third kappa shape index (κ3) is 4.10. The van der Waals surface area contributed by atoms with Gasteiger partial charge in [-0.2, -0.15) is 0 Å². The van der Waals surface area contributed by atoms with Gasteiger partial charge in [0.25, 0.3) is 5.91 Å². The molecule has 7 nitrogen and oxygen atoms in total. The van der Waals surface area contributed by atoms with Gasteiger partial charge in [0.1, 0.15) is 11.5 Å². The molecular weight excluding hydrogens is 404 g/mol. The van der Waals surface area contributed by atoms with Gasteiger partial charge in [0.05, 0.1) is 24.8 Å². The fraction of sp³-hybridized carbons (Fsp3) is 0.227. The molecule has 4 rings (SSSR count). The van der Waals surface area contributed by atoms with Crippen LogP contribution in [0.4, 0.5) is 5.69 Å². The number of furan rings is 1. The lowest BCUT2D eigenvalue weighted by Crippen LogP contribution is -2.35.